The zero-order chi connectivity index (χ0) is 14.3. The van der Waals surface area contributed by atoms with Crippen molar-refractivity contribution in [3.8, 4) is 0 Å². The number of guanidine groups is 1. The highest BCUT2D eigenvalue weighted by molar-refractivity contribution is 14.0. The molecule has 20 heavy (non-hydrogen) atoms. The molecule has 6 nitrogen and oxygen atoms in total. The number of rotatable bonds is 6. The minimum absolute atomic E-state index is 0. The van der Waals surface area contributed by atoms with Crippen molar-refractivity contribution < 1.29 is 8.42 Å². The molecule has 1 rings (SSSR count). The van der Waals surface area contributed by atoms with Crippen LogP contribution in [0.5, 0.6) is 0 Å². The van der Waals surface area contributed by atoms with Crippen LogP contribution >= 0.6 is 35.3 Å². The first-order valence-electron chi connectivity index (χ1n) is 5.85. The van der Waals surface area contributed by atoms with Gasteiger partial charge in [-0.1, -0.05) is 0 Å². The first-order chi connectivity index (χ1) is 8.90. The van der Waals surface area contributed by atoms with Crippen LogP contribution in [0.3, 0.4) is 0 Å². The minimum atomic E-state index is -3.13. The summed E-state index contributed by atoms with van der Waals surface area (Å²) in [5.74, 6) is 0.654. The van der Waals surface area contributed by atoms with Crippen molar-refractivity contribution in [3.63, 3.8) is 0 Å². The monoisotopic (exact) mass is 432 g/mol. The summed E-state index contributed by atoms with van der Waals surface area (Å²) in [6.07, 6.45) is 1.14. The Kier molecular flexibility index (Phi) is 9.34. The second-order valence-electron chi connectivity index (χ2n) is 4.03. The zero-order valence-electron chi connectivity index (χ0n) is 11.8. The van der Waals surface area contributed by atoms with Gasteiger partial charge in [0.05, 0.1) is 12.8 Å². The molecule has 0 unspecified atom stereocenters. The highest BCUT2D eigenvalue weighted by Gasteiger charge is 2.01. The van der Waals surface area contributed by atoms with Gasteiger partial charge in [-0.25, -0.2) is 13.1 Å². The summed E-state index contributed by atoms with van der Waals surface area (Å²) >= 11 is 1.73. The van der Waals surface area contributed by atoms with E-state index in [4.69, 9.17) is 0 Å². The standard InChI is InChI=1S/C11H20N4O2S2.HI/c1-9-4-5-10(18-9)8-14-11(12-2)13-6-7-15-19(3,16)17;/h4-5,15H,6-8H2,1-3H3,(H2,12,13,14);1H. The molecule has 116 valence electrons. The molecule has 0 saturated heterocycles. The van der Waals surface area contributed by atoms with Gasteiger partial charge in [0.25, 0.3) is 0 Å². The fraction of sp³-hybridized carbons (Fsp3) is 0.545. The summed E-state index contributed by atoms with van der Waals surface area (Å²) in [5, 5.41) is 6.20. The predicted molar refractivity (Wildman–Crippen MR) is 95.5 cm³/mol. The van der Waals surface area contributed by atoms with Gasteiger partial charge in [0, 0.05) is 29.9 Å². The molecule has 3 N–H and O–H groups in total. The van der Waals surface area contributed by atoms with Crippen LogP contribution in [0.15, 0.2) is 17.1 Å². The van der Waals surface area contributed by atoms with Crippen LogP contribution in [0.4, 0.5) is 0 Å². The molecule has 0 aliphatic heterocycles. The molecule has 1 heterocycles. The quantitative estimate of drug-likeness (QED) is 0.270. The van der Waals surface area contributed by atoms with Crippen molar-refractivity contribution in [1.82, 2.24) is 15.4 Å². The lowest BCUT2D eigenvalue weighted by Gasteiger charge is -2.11. The number of nitrogens with zero attached hydrogens (tertiary/aromatic N) is 1. The molecule has 1 aromatic rings. The maximum atomic E-state index is 10.9. The molecule has 1 aromatic heterocycles. The Hall–Kier alpha value is -0.390. The van der Waals surface area contributed by atoms with Crippen LogP contribution in [0.1, 0.15) is 9.75 Å². The molecule has 0 aromatic carbocycles. The largest absolute Gasteiger partial charge is 0.355 e. The number of nitrogens with one attached hydrogen (secondary N) is 3. The lowest BCUT2D eigenvalue weighted by Crippen LogP contribution is -2.40. The van der Waals surface area contributed by atoms with Gasteiger partial charge < -0.3 is 10.6 Å². The summed E-state index contributed by atoms with van der Waals surface area (Å²) in [7, 11) is -1.45. The van der Waals surface area contributed by atoms with Crippen molar-refractivity contribution in [3.05, 3.63) is 21.9 Å². The Labute approximate surface area is 141 Å². The van der Waals surface area contributed by atoms with Gasteiger partial charge in [0.2, 0.25) is 10.0 Å². The SMILES string of the molecule is CN=C(NCCNS(C)(=O)=O)NCc1ccc(C)s1.I. The first kappa shape index (κ1) is 19.6. The zero-order valence-corrected chi connectivity index (χ0v) is 15.7. The van der Waals surface area contributed by atoms with Crippen molar-refractivity contribution in [2.24, 2.45) is 4.99 Å². The number of halogens is 1. The van der Waals surface area contributed by atoms with E-state index in [1.54, 1.807) is 18.4 Å². The van der Waals surface area contributed by atoms with Crippen LogP contribution in [0.2, 0.25) is 0 Å². The number of hydrogen-bond acceptors (Lipinski definition) is 4. The topological polar surface area (TPSA) is 82.6 Å². The van der Waals surface area contributed by atoms with Gasteiger partial charge in [-0.05, 0) is 19.1 Å². The number of sulfonamides is 1. The smallest absolute Gasteiger partial charge is 0.208 e. The molecule has 0 atom stereocenters. The van der Waals surface area contributed by atoms with Crippen LogP contribution in [0.25, 0.3) is 0 Å². The number of hydrogen-bond donors (Lipinski definition) is 3. The summed E-state index contributed by atoms with van der Waals surface area (Å²) in [6, 6.07) is 4.15. The summed E-state index contributed by atoms with van der Waals surface area (Å²) in [6.45, 7) is 3.59. The normalized spacial score (nSPS) is 11.8. The average molecular weight is 432 g/mol. The van der Waals surface area contributed by atoms with Crippen molar-refractivity contribution >= 4 is 51.3 Å². The molecule has 0 saturated carbocycles. The van der Waals surface area contributed by atoms with E-state index in [0.717, 1.165) is 6.26 Å². The Morgan fingerprint density at radius 2 is 2.00 bits per heavy atom. The van der Waals surface area contributed by atoms with E-state index in [1.807, 2.05) is 0 Å². The summed E-state index contributed by atoms with van der Waals surface area (Å²) in [4.78, 5) is 6.57. The van der Waals surface area contributed by atoms with E-state index < -0.39 is 10.0 Å². The molecule has 9 heteroatoms. The van der Waals surface area contributed by atoms with Gasteiger partial charge in [-0.2, -0.15) is 0 Å². The molecule has 0 fully saturated rings. The Bertz CT molecular complexity index is 528. The highest BCUT2D eigenvalue weighted by Crippen LogP contribution is 2.14. The molecule has 0 aliphatic carbocycles. The molecular formula is C11H21IN4O2S2. The minimum Gasteiger partial charge on any atom is -0.355 e. The van der Waals surface area contributed by atoms with E-state index in [1.165, 1.54) is 9.75 Å². The molecular weight excluding hydrogens is 411 g/mol. The van der Waals surface area contributed by atoms with Gasteiger partial charge in [0.15, 0.2) is 5.96 Å². The summed E-state index contributed by atoms with van der Waals surface area (Å²) in [5.41, 5.74) is 0. The third-order valence-electron chi connectivity index (χ3n) is 2.23. The Morgan fingerprint density at radius 3 is 2.50 bits per heavy atom. The van der Waals surface area contributed by atoms with Crippen LogP contribution in [0, 0.1) is 6.92 Å². The van der Waals surface area contributed by atoms with Crippen LogP contribution < -0.4 is 15.4 Å². The Morgan fingerprint density at radius 1 is 1.30 bits per heavy atom. The van der Waals surface area contributed by atoms with E-state index in [2.05, 4.69) is 39.4 Å². The second kappa shape index (κ2) is 9.53. The molecule has 0 aliphatic rings. The molecule has 0 radical (unpaired) electrons. The van der Waals surface area contributed by atoms with Gasteiger partial charge in [-0.3, -0.25) is 4.99 Å². The summed E-state index contributed by atoms with van der Waals surface area (Å²) < 4.78 is 24.2. The molecule has 0 spiro atoms. The third kappa shape index (κ3) is 8.72. The van der Waals surface area contributed by atoms with Gasteiger partial charge >= 0.3 is 0 Å². The van der Waals surface area contributed by atoms with E-state index in [0.29, 0.717) is 25.6 Å². The second-order valence-corrected chi connectivity index (χ2v) is 7.24. The highest BCUT2D eigenvalue weighted by atomic mass is 127. The Balaban J connectivity index is 0.00000361. The maximum absolute atomic E-state index is 10.9. The number of thiophene rings is 1. The van der Waals surface area contributed by atoms with E-state index in [-0.39, 0.29) is 24.0 Å². The molecule has 0 bridgehead atoms. The van der Waals surface area contributed by atoms with Crippen molar-refractivity contribution in [2.75, 3.05) is 26.4 Å². The lowest BCUT2D eigenvalue weighted by atomic mass is 10.4. The van der Waals surface area contributed by atoms with E-state index >= 15 is 0 Å². The number of aryl methyl sites for hydroxylation is 1. The fourth-order valence-electron chi connectivity index (χ4n) is 1.39. The number of aliphatic imine (C=N–C) groups is 1. The average Bonchev–Trinajstić information content (AvgIpc) is 2.73. The van der Waals surface area contributed by atoms with Crippen LogP contribution in [-0.2, 0) is 16.6 Å². The van der Waals surface area contributed by atoms with Gasteiger partial charge in [-0.15, -0.1) is 35.3 Å². The van der Waals surface area contributed by atoms with Crippen LogP contribution in [-0.4, -0.2) is 40.8 Å². The fourth-order valence-corrected chi connectivity index (χ4v) is 2.69. The van der Waals surface area contributed by atoms with Gasteiger partial charge in [0.1, 0.15) is 0 Å². The van der Waals surface area contributed by atoms with Crippen molar-refractivity contribution in [1.29, 1.82) is 0 Å². The third-order valence-corrected chi connectivity index (χ3v) is 3.96. The predicted octanol–water partition coefficient (Wildman–Crippen LogP) is 0.889. The molecule has 0 amide bonds. The lowest BCUT2D eigenvalue weighted by molar-refractivity contribution is 0.586. The van der Waals surface area contributed by atoms with Crippen molar-refractivity contribution in [2.45, 2.75) is 13.5 Å². The van der Waals surface area contributed by atoms with E-state index in [9.17, 15) is 8.42 Å². The first-order valence-corrected chi connectivity index (χ1v) is 8.56. The maximum Gasteiger partial charge on any atom is 0.208 e.